The lowest BCUT2D eigenvalue weighted by molar-refractivity contribution is 0.180. The van der Waals surface area contributed by atoms with Gasteiger partial charge < -0.3 is 10.3 Å². The lowest BCUT2D eigenvalue weighted by Crippen LogP contribution is -2.33. The fraction of sp³-hybridized carbons (Fsp3) is 0.636. The third kappa shape index (κ3) is 2.37. The summed E-state index contributed by atoms with van der Waals surface area (Å²) in [5, 5.41) is 3.24. The molecule has 0 atom stereocenters. The molecule has 1 heterocycles. The number of H-pyrrole nitrogens is 1. The van der Waals surface area contributed by atoms with Crippen molar-refractivity contribution in [3.8, 4) is 0 Å². The summed E-state index contributed by atoms with van der Waals surface area (Å²) in [6, 6.07) is 1.51. The Balaban J connectivity index is 2.01. The molecule has 1 aromatic rings. The molecule has 1 aliphatic rings. The molecule has 0 saturated heterocycles. The standard InChI is InChI=1S/C11H17N3O/c1-8-13-9(6-10(15)14-8)12-7-11(2)4-3-5-11/h6H,3-5,7H2,1-2H3,(H2,12,13,14,15). The van der Waals surface area contributed by atoms with Crippen molar-refractivity contribution < 1.29 is 0 Å². The number of aromatic nitrogens is 2. The van der Waals surface area contributed by atoms with E-state index in [9.17, 15) is 4.79 Å². The maximum Gasteiger partial charge on any atom is 0.252 e. The van der Waals surface area contributed by atoms with Crippen LogP contribution in [0.1, 0.15) is 32.0 Å². The van der Waals surface area contributed by atoms with E-state index in [1.54, 1.807) is 6.92 Å². The summed E-state index contributed by atoms with van der Waals surface area (Å²) in [5.41, 5.74) is 0.307. The molecule has 1 fully saturated rings. The molecular formula is C11H17N3O. The van der Waals surface area contributed by atoms with E-state index in [1.165, 1.54) is 25.3 Å². The van der Waals surface area contributed by atoms with Crippen molar-refractivity contribution in [3.63, 3.8) is 0 Å². The fourth-order valence-electron chi connectivity index (χ4n) is 1.93. The van der Waals surface area contributed by atoms with Crippen LogP contribution in [0.3, 0.4) is 0 Å². The van der Waals surface area contributed by atoms with E-state index in [-0.39, 0.29) is 5.56 Å². The smallest absolute Gasteiger partial charge is 0.252 e. The van der Waals surface area contributed by atoms with Gasteiger partial charge in [0.1, 0.15) is 11.6 Å². The molecule has 0 unspecified atom stereocenters. The van der Waals surface area contributed by atoms with Gasteiger partial charge in [0, 0.05) is 12.6 Å². The fourth-order valence-corrected chi connectivity index (χ4v) is 1.93. The van der Waals surface area contributed by atoms with Crippen molar-refractivity contribution in [1.29, 1.82) is 0 Å². The highest BCUT2D eigenvalue weighted by Crippen LogP contribution is 2.39. The average molecular weight is 207 g/mol. The zero-order chi connectivity index (χ0) is 10.9. The number of hydrogen-bond acceptors (Lipinski definition) is 3. The Kier molecular flexibility index (Phi) is 2.50. The first-order valence-electron chi connectivity index (χ1n) is 5.39. The van der Waals surface area contributed by atoms with Gasteiger partial charge in [0.2, 0.25) is 0 Å². The predicted octanol–water partition coefficient (Wildman–Crippen LogP) is 1.68. The van der Waals surface area contributed by atoms with Crippen LogP contribution >= 0.6 is 0 Å². The van der Waals surface area contributed by atoms with Gasteiger partial charge in [-0.3, -0.25) is 4.79 Å². The van der Waals surface area contributed by atoms with Crippen LogP contribution in [0, 0.1) is 12.3 Å². The minimum atomic E-state index is -0.0937. The quantitative estimate of drug-likeness (QED) is 0.792. The maximum atomic E-state index is 11.2. The lowest BCUT2D eigenvalue weighted by Gasteiger charge is -2.38. The zero-order valence-electron chi connectivity index (χ0n) is 9.26. The van der Waals surface area contributed by atoms with Crippen molar-refractivity contribution in [1.82, 2.24) is 9.97 Å². The number of nitrogens with one attached hydrogen (secondary N) is 2. The van der Waals surface area contributed by atoms with Crippen LogP contribution in [-0.4, -0.2) is 16.5 Å². The summed E-state index contributed by atoms with van der Waals surface area (Å²) in [5.74, 6) is 1.34. The van der Waals surface area contributed by atoms with Crippen molar-refractivity contribution in [3.05, 3.63) is 22.2 Å². The Hall–Kier alpha value is -1.32. The summed E-state index contributed by atoms with van der Waals surface area (Å²) in [6.07, 6.45) is 3.85. The second kappa shape index (κ2) is 3.68. The molecule has 0 radical (unpaired) electrons. The maximum absolute atomic E-state index is 11.2. The molecule has 1 aliphatic carbocycles. The molecule has 15 heavy (non-hydrogen) atoms. The number of aromatic amines is 1. The van der Waals surface area contributed by atoms with Gasteiger partial charge >= 0.3 is 0 Å². The van der Waals surface area contributed by atoms with Crippen molar-refractivity contribution in [2.75, 3.05) is 11.9 Å². The third-order valence-corrected chi connectivity index (χ3v) is 3.12. The van der Waals surface area contributed by atoms with E-state index >= 15 is 0 Å². The molecule has 1 saturated carbocycles. The average Bonchev–Trinajstić information content (AvgIpc) is 2.10. The first-order chi connectivity index (χ1) is 7.07. The Bertz CT molecular complexity index is 407. The minimum absolute atomic E-state index is 0.0937. The Morgan fingerprint density at radius 1 is 1.60 bits per heavy atom. The first-order valence-corrected chi connectivity index (χ1v) is 5.39. The topological polar surface area (TPSA) is 57.8 Å². The predicted molar refractivity (Wildman–Crippen MR) is 60.0 cm³/mol. The summed E-state index contributed by atoms with van der Waals surface area (Å²) in [7, 11) is 0. The van der Waals surface area contributed by atoms with E-state index in [0.29, 0.717) is 17.1 Å². The zero-order valence-corrected chi connectivity index (χ0v) is 9.26. The Labute approximate surface area is 89.1 Å². The highest BCUT2D eigenvalue weighted by Gasteiger charge is 2.31. The van der Waals surface area contributed by atoms with Crippen LogP contribution in [0.25, 0.3) is 0 Å². The Morgan fingerprint density at radius 3 is 2.87 bits per heavy atom. The number of aryl methyl sites for hydroxylation is 1. The van der Waals surface area contributed by atoms with Crippen LogP contribution in [-0.2, 0) is 0 Å². The van der Waals surface area contributed by atoms with Crippen LogP contribution in [0.4, 0.5) is 5.82 Å². The summed E-state index contributed by atoms with van der Waals surface area (Å²) < 4.78 is 0. The molecule has 0 aliphatic heterocycles. The number of anilines is 1. The van der Waals surface area contributed by atoms with E-state index in [0.717, 1.165) is 6.54 Å². The SMILES string of the molecule is Cc1nc(NCC2(C)CCC2)cc(=O)[nH]1. The molecule has 0 spiro atoms. The summed E-state index contributed by atoms with van der Waals surface area (Å²) >= 11 is 0. The molecule has 0 amide bonds. The normalized spacial score (nSPS) is 18.3. The van der Waals surface area contributed by atoms with Crippen LogP contribution in [0.2, 0.25) is 0 Å². The summed E-state index contributed by atoms with van der Waals surface area (Å²) in [4.78, 5) is 18.0. The molecular weight excluding hydrogens is 190 g/mol. The van der Waals surface area contributed by atoms with Gasteiger partial charge in [0.25, 0.3) is 5.56 Å². The third-order valence-electron chi connectivity index (χ3n) is 3.12. The first kappa shape index (κ1) is 10.2. The molecule has 4 nitrogen and oxygen atoms in total. The van der Waals surface area contributed by atoms with Gasteiger partial charge in [-0.2, -0.15) is 0 Å². The summed E-state index contributed by atoms with van der Waals surface area (Å²) in [6.45, 7) is 4.96. The largest absolute Gasteiger partial charge is 0.369 e. The highest BCUT2D eigenvalue weighted by molar-refractivity contribution is 5.33. The van der Waals surface area contributed by atoms with Crippen LogP contribution in [0.15, 0.2) is 10.9 Å². The molecule has 2 N–H and O–H groups in total. The van der Waals surface area contributed by atoms with E-state index in [1.807, 2.05) is 0 Å². The highest BCUT2D eigenvalue weighted by atomic mass is 16.1. The molecule has 2 rings (SSSR count). The molecule has 0 bridgehead atoms. The van der Waals surface area contributed by atoms with Gasteiger partial charge in [-0.15, -0.1) is 0 Å². The van der Waals surface area contributed by atoms with Gasteiger partial charge in [-0.1, -0.05) is 13.3 Å². The van der Waals surface area contributed by atoms with Crippen molar-refractivity contribution in [2.45, 2.75) is 33.1 Å². The van der Waals surface area contributed by atoms with Crippen LogP contribution < -0.4 is 10.9 Å². The minimum Gasteiger partial charge on any atom is -0.369 e. The number of nitrogens with zero attached hydrogens (tertiary/aromatic N) is 1. The molecule has 82 valence electrons. The molecule has 1 aromatic heterocycles. The van der Waals surface area contributed by atoms with Crippen LogP contribution in [0.5, 0.6) is 0 Å². The number of rotatable bonds is 3. The molecule has 0 aromatic carbocycles. The second-order valence-corrected chi connectivity index (χ2v) is 4.73. The van der Waals surface area contributed by atoms with Gasteiger partial charge in [0.15, 0.2) is 0 Å². The second-order valence-electron chi connectivity index (χ2n) is 4.73. The van der Waals surface area contributed by atoms with E-state index in [2.05, 4.69) is 22.2 Å². The lowest BCUT2D eigenvalue weighted by atomic mass is 9.70. The molecule has 4 heteroatoms. The van der Waals surface area contributed by atoms with E-state index in [4.69, 9.17) is 0 Å². The van der Waals surface area contributed by atoms with Gasteiger partial charge in [-0.05, 0) is 25.2 Å². The van der Waals surface area contributed by atoms with Crippen molar-refractivity contribution in [2.24, 2.45) is 5.41 Å². The van der Waals surface area contributed by atoms with Gasteiger partial charge in [0.05, 0.1) is 0 Å². The van der Waals surface area contributed by atoms with Gasteiger partial charge in [-0.25, -0.2) is 4.98 Å². The number of hydrogen-bond donors (Lipinski definition) is 2. The Morgan fingerprint density at radius 2 is 2.33 bits per heavy atom. The van der Waals surface area contributed by atoms with E-state index < -0.39 is 0 Å². The van der Waals surface area contributed by atoms with Crippen molar-refractivity contribution >= 4 is 5.82 Å². The monoisotopic (exact) mass is 207 g/mol.